The van der Waals surface area contributed by atoms with Gasteiger partial charge in [0, 0.05) is 12.1 Å². The molecule has 2 fully saturated rings. The van der Waals surface area contributed by atoms with Gasteiger partial charge >= 0.3 is 5.97 Å². The van der Waals surface area contributed by atoms with Crippen LogP contribution in [0.3, 0.4) is 0 Å². The summed E-state index contributed by atoms with van der Waals surface area (Å²) >= 11 is 0. The maximum absolute atomic E-state index is 12.4. The van der Waals surface area contributed by atoms with E-state index in [4.69, 9.17) is 4.74 Å². The van der Waals surface area contributed by atoms with Crippen molar-refractivity contribution in [2.45, 2.75) is 76.9 Å². The van der Waals surface area contributed by atoms with Crippen LogP contribution in [0.5, 0.6) is 0 Å². The number of ether oxygens (including phenoxy) is 1. The molecule has 1 aliphatic carbocycles. The van der Waals surface area contributed by atoms with Gasteiger partial charge in [-0.05, 0) is 71.9 Å². The molecule has 0 bridgehead atoms. The van der Waals surface area contributed by atoms with Crippen LogP contribution in [-0.2, 0) is 9.53 Å². The van der Waals surface area contributed by atoms with Crippen LogP contribution in [0.4, 0.5) is 0 Å². The Bertz CT molecular complexity index is 361. The number of hydrogen-bond donors (Lipinski definition) is 1. The largest absolute Gasteiger partial charge is 0.465 e. The molecule has 1 heterocycles. The molecule has 0 aromatic carbocycles. The summed E-state index contributed by atoms with van der Waals surface area (Å²) < 4.78 is 5.34. The highest BCUT2D eigenvalue weighted by Crippen LogP contribution is 2.36. The number of hydrogen-bond acceptors (Lipinski definition) is 4. The molecule has 4 heteroatoms. The summed E-state index contributed by atoms with van der Waals surface area (Å²) in [5, 5.41) is 3.30. The van der Waals surface area contributed by atoms with Crippen molar-refractivity contribution in [3.8, 4) is 0 Å². The minimum absolute atomic E-state index is 0.0603. The first-order valence-corrected chi connectivity index (χ1v) is 8.66. The molecular weight excluding hydrogens is 264 g/mol. The van der Waals surface area contributed by atoms with Crippen LogP contribution in [0.2, 0.25) is 0 Å². The molecular formula is C17H32N2O2. The molecule has 2 aliphatic rings. The molecule has 4 atom stereocenters. The first kappa shape index (κ1) is 16.8. The number of nitrogens with zero attached hydrogens (tertiary/aromatic N) is 1. The fraction of sp³-hybridized carbons (Fsp3) is 0.941. The lowest BCUT2D eigenvalue weighted by Crippen LogP contribution is -2.60. The van der Waals surface area contributed by atoms with E-state index in [1.807, 2.05) is 14.0 Å². The van der Waals surface area contributed by atoms with E-state index in [-0.39, 0.29) is 5.97 Å². The van der Waals surface area contributed by atoms with Crippen molar-refractivity contribution in [2.24, 2.45) is 5.92 Å². The third-order valence-electron chi connectivity index (χ3n) is 5.76. The third kappa shape index (κ3) is 3.42. The molecule has 21 heavy (non-hydrogen) atoms. The van der Waals surface area contributed by atoms with E-state index in [2.05, 4.69) is 24.1 Å². The van der Waals surface area contributed by atoms with Crippen molar-refractivity contribution < 1.29 is 9.53 Å². The molecule has 4 nitrogen and oxygen atoms in total. The Hall–Kier alpha value is -0.610. The van der Waals surface area contributed by atoms with E-state index >= 15 is 0 Å². The molecule has 1 N–H and O–H groups in total. The molecule has 122 valence electrons. The van der Waals surface area contributed by atoms with Gasteiger partial charge in [0.05, 0.1) is 6.61 Å². The van der Waals surface area contributed by atoms with Crippen LogP contribution in [0.25, 0.3) is 0 Å². The topological polar surface area (TPSA) is 41.6 Å². The predicted molar refractivity (Wildman–Crippen MR) is 85.2 cm³/mol. The molecule has 0 aromatic heterocycles. The minimum Gasteiger partial charge on any atom is -0.465 e. The number of esters is 1. The van der Waals surface area contributed by atoms with Crippen molar-refractivity contribution in [3.05, 3.63) is 0 Å². The molecule has 1 saturated heterocycles. The monoisotopic (exact) mass is 296 g/mol. The number of likely N-dealkylation sites (tertiary alicyclic amines) is 1. The Morgan fingerprint density at radius 3 is 2.76 bits per heavy atom. The van der Waals surface area contributed by atoms with Gasteiger partial charge in [-0.1, -0.05) is 6.92 Å². The SMILES string of the molecule is CCOC(=O)C1(NC)CCCC(N2CCCC(C)C2C)C1. The molecule has 0 radical (unpaired) electrons. The lowest BCUT2D eigenvalue weighted by Gasteiger charge is -2.48. The minimum atomic E-state index is -0.473. The van der Waals surface area contributed by atoms with Gasteiger partial charge < -0.3 is 10.1 Å². The molecule has 0 amide bonds. The van der Waals surface area contributed by atoms with Crippen molar-refractivity contribution in [1.29, 1.82) is 0 Å². The number of carbonyl (C=O) groups excluding carboxylic acids is 1. The summed E-state index contributed by atoms with van der Waals surface area (Å²) in [7, 11) is 1.90. The quantitative estimate of drug-likeness (QED) is 0.810. The summed E-state index contributed by atoms with van der Waals surface area (Å²) in [5.74, 6) is 0.696. The molecule has 0 spiro atoms. The van der Waals surface area contributed by atoms with Gasteiger partial charge in [-0.15, -0.1) is 0 Å². The van der Waals surface area contributed by atoms with E-state index in [0.29, 0.717) is 18.7 Å². The Labute approximate surface area is 129 Å². The number of rotatable bonds is 4. The average Bonchev–Trinajstić information content (AvgIpc) is 2.50. The first-order valence-electron chi connectivity index (χ1n) is 8.66. The zero-order valence-corrected chi connectivity index (χ0v) is 14.2. The van der Waals surface area contributed by atoms with Gasteiger partial charge in [0.2, 0.25) is 0 Å². The highest BCUT2D eigenvalue weighted by Gasteiger charge is 2.45. The van der Waals surface area contributed by atoms with Crippen LogP contribution < -0.4 is 5.32 Å². The second kappa shape index (κ2) is 7.10. The number of nitrogens with one attached hydrogen (secondary N) is 1. The average molecular weight is 296 g/mol. The van der Waals surface area contributed by atoms with E-state index in [0.717, 1.165) is 25.2 Å². The van der Waals surface area contributed by atoms with E-state index in [1.165, 1.54) is 25.8 Å². The number of likely N-dealkylation sites (N-methyl/N-ethyl adjacent to an activating group) is 1. The van der Waals surface area contributed by atoms with Crippen molar-refractivity contribution in [3.63, 3.8) is 0 Å². The zero-order valence-electron chi connectivity index (χ0n) is 14.2. The predicted octanol–water partition coefficient (Wildman–Crippen LogP) is 2.57. The van der Waals surface area contributed by atoms with E-state index < -0.39 is 5.54 Å². The summed E-state index contributed by atoms with van der Waals surface area (Å²) in [6.45, 7) is 8.24. The van der Waals surface area contributed by atoms with E-state index in [1.54, 1.807) is 0 Å². The van der Waals surface area contributed by atoms with Crippen molar-refractivity contribution in [1.82, 2.24) is 10.2 Å². The van der Waals surface area contributed by atoms with Gasteiger partial charge in [-0.25, -0.2) is 0 Å². The van der Waals surface area contributed by atoms with Gasteiger partial charge in [0.25, 0.3) is 0 Å². The second-order valence-electron chi connectivity index (χ2n) is 6.90. The van der Waals surface area contributed by atoms with Crippen LogP contribution in [0.1, 0.15) is 59.3 Å². The summed E-state index contributed by atoms with van der Waals surface area (Å²) in [4.78, 5) is 15.1. The fourth-order valence-corrected chi connectivity index (χ4v) is 4.20. The molecule has 4 unspecified atom stereocenters. The van der Waals surface area contributed by atoms with Crippen molar-refractivity contribution in [2.75, 3.05) is 20.2 Å². The summed E-state index contributed by atoms with van der Waals surface area (Å²) in [5.41, 5.74) is -0.473. The molecule has 2 rings (SSSR count). The van der Waals surface area contributed by atoms with Crippen LogP contribution >= 0.6 is 0 Å². The first-order chi connectivity index (χ1) is 10.0. The normalized spacial score (nSPS) is 38.2. The highest BCUT2D eigenvalue weighted by molar-refractivity contribution is 5.81. The lowest BCUT2D eigenvalue weighted by atomic mass is 9.77. The maximum atomic E-state index is 12.4. The maximum Gasteiger partial charge on any atom is 0.326 e. The second-order valence-corrected chi connectivity index (χ2v) is 6.90. The van der Waals surface area contributed by atoms with Gasteiger partial charge in [-0.2, -0.15) is 0 Å². The van der Waals surface area contributed by atoms with Gasteiger partial charge in [-0.3, -0.25) is 9.69 Å². The summed E-state index contributed by atoms with van der Waals surface area (Å²) in [6, 6.07) is 1.13. The standard InChI is InChI=1S/C17H32N2O2/c1-5-21-16(20)17(18-4)10-6-9-15(12-17)19-11-7-8-13(2)14(19)3/h13-15,18H,5-12H2,1-4H3. The molecule has 1 aliphatic heterocycles. The van der Waals surface area contributed by atoms with Gasteiger partial charge in [0.1, 0.15) is 5.54 Å². The van der Waals surface area contributed by atoms with E-state index in [9.17, 15) is 4.79 Å². The number of carbonyl (C=O) groups is 1. The van der Waals surface area contributed by atoms with Crippen LogP contribution in [0.15, 0.2) is 0 Å². The Kier molecular flexibility index (Phi) is 5.67. The Balaban J connectivity index is 2.10. The lowest BCUT2D eigenvalue weighted by molar-refractivity contribution is -0.154. The zero-order chi connectivity index (χ0) is 15.5. The van der Waals surface area contributed by atoms with Crippen LogP contribution in [0, 0.1) is 5.92 Å². The van der Waals surface area contributed by atoms with Gasteiger partial charge in [0.15, 0.2) is 0 Å². The Morgan fingerprint density at radius 2 is 2.10 bits per heavy atom. The number of piperidine rings is 1. The molecule has 0 aromatic rings. The van der Waals surface area contributed by atoms with Crippen molar-refractivity contribution >= 4 is 5.97 Å². The summed E-state index contributed by atoms with van der Waals surface area (Å²) in [6.07, 6.45) is 6.71. The Morgan fingerprint density at radius 1 is 1.33 bits per heavy atom. The molecule has 1 saturated carbocycles. The third-order valence-corrected chi connectivity index (χ3v) is 5.76. The smallest absolute Gasteiger partial charge is 0.326 e. The fourth-order valence-electron chi connectivity index (χ4n) is 4.20. The van der Waals surface area contributed by atoms with Crippen LogP contribution in [-0.4, -0.2) is 48.7 Å². The highest BCUT2D eigenvalue weighted by atomic mass is 16.5.